The summed E-state index contributed by atoms with van der Waals surface area (Å²) in [5.41, 5.74) is 0. The molecule has 0 saturated heterocycles. The van der Waals surface area contributed by atoms with Gasteiger partial charge in [0.1, 0.15) is 0 Å². The van der Waals surface area contributed by atoms with Gasteiger partial charge in [0.15, 0.2) is 0 Å². The van der Waals surface area contributed by atoms with Crippen LogP contribution in [0.3, 0.4) is 0 Å². The van der Waals surface area contributed by atoms with E-state index < -0.39 is 0 Å². The third-order valence-electron chi connectivity index (χ3n) is 3.10. The second-order valence-corrected chi connectivity index (χ2v) is 4.46. The van der Waals surface area contributed by atoms with Crippen molar-refractivity contribution in [3.05, 3.63) is 18.5 Å². The fraction of sp³-hybridized carbons (Fsp3) is 0.750. The highest BCUT2D eigenvalue weighted by molar-refractivity contribution is 4.86. The molecule has 1 aromatic heterocycles. The van der Waals surface area contributed by atoms with E-state index in [9.17, 15) is 0 Å². The number of nitrogens with zero attached hydrogens (tertiary/aromatic N) is 2. The molecular weight excluding hydrogens is 186 g/mol. The van der Waals surface area contributed by atoms with Gasteiger partial charge in [-0.05, 0) is 31.2 Å². The molecule has 1 saturated carbocycles. The van der Waals surface area contributed by atoms with E-state index in [1.165, 1.54) is 25.7 Å². The van der Waals surface area contributed by atoms with Gasteiger partial charge in [0.05, 0.1) is 6.54 Å². The Morgan fingerprint density at radius 2 is 2.40 bits per heavy atom. The molecule has 1 atom stereocenters. The zero-order valence-electron chi connectivity index (χ0n) is 9.52. The first-order chi connectivity index (χ1) is 7.40. The molecule has 15 heavy (non-hydrogen) atoms. The van der Waals surface area contributed by atoms with Crippen LogP contribution in [0.5, 0.6) is 0 Å². The van der Waals surface area contributed by atoms with Crippen molar-refractivity contribution in [1.82, 2.24) is 15.1 Å². The Morgan fingerprint density at radius 3 is 3.00 bits per heavy atom. The van der Waals surface area contributed by atoms with Gasteiger partial charge >= 0.3 is 0 Å². The predicted octanol–water partition coefficient (Wildman–Crippen LogP) is 2.05. The van der Waals surface area contributed by atoms with E-state index in [1.807, 2.05) is 23.1 Å². The fourth-order valence-corrected chi connectivity index (χ4v) is 2.11. The monoisotopic (exact) mass is 207 g/mol. The van der Waals surface area contributed by atoms with Crippen molar-refractivity contribution in [2.75, 3.05) is 6.54 Å². The first-order valence-corrected chi connectivity index (χ1v) is 6.11. The van der Waals surface area contributed by atoms with Crippen molar-refractivity contribution in [2.24, 2.45) is 5.92 Å². The van der Waals surface area contributed by atoms with Crippen LogP contribution >= 0.6 is 0 Å². The summed E-state index contributed by atoms with van der Waals surface area (Å²) in [6, 6.07) is 2.73. The fourth-order valence-electron chi connectivity index (χ4n) is 2.11. The van der Waals surface area contributed by atoms with E-state index in [0.29, 0.717) is 0 Å². The summed E-state index contributed by atoms with van der Waals surface area (Å²) >= 11 is 0. The third-order valence-corrected chi connectivity index (χ3v) is 3.10. The standard InChI is InChI=1S/C12H21N3/c1-2-4-12(11-5-6-11)13-8-10-15-9-3-7-14-15/h3,7,9,11-13H,2,4-6,8,10H2,1H3. The quantitative estimate of drug-likeness (QED) is 0.741. The molecule has 1 unspecified atom stereocenters. The molecule has 0 spiro atoms. The molecule has 1 aliphatic carbocycles. The molecule has 0 radical (unpaired) electrons. The van der Waals surface area contributed by atoms with Crippen LogP contribution < -0.4 is 5.32 Å². The second-order valence-electron chi connectivity index (χ2n) is 4.46. The largest absolute Gasteiger partial charge is 0.312 e. The molecule has 1 aromatic rings. The van der Waals surface area contributed by atoms with Gasteiger partial charge in [-0.15, -0.1) is 0 Å². The van der Waals surface area contributed by atoms with Gasteiger partial charge in [0.25, 0.3) is 0 Å². The summed E-state index contributed by atoms with van der Waals surface area (Å²) in [7, 11) is 0. The number of rotatable bonds is 7. The number of nitrogens with one attached hydrogen (secondary N) is 1. The topological polar surface area (TPSA) is 29.9 Å². The maximum absolute atomic E-state index is 4.20. The van der Waals surface area contributed by atoms with Crippen molar-refractivity contribution in [3.63, 3.8) is 0 Å². The van der Waals surface area contributed by atoms with Crippen molar-refractivity contribution in [2.45, 2.75) is 45.2 Å². The van der Waals surface area contributed by atoms with Crippen molar-refractivity contribution < 1.29 is 0 Å². The van der Waals surface area contributed by atoms with Gasteiger partial charge < -0.3 is 5.32 Å². The lowest BCUT2D eigenvalue weighted by Crippen LogP contribution is -2.33. The Hall–Kier alpha value is -0.830. The normalized spacial score (nSPS) is 17.9. The Labute approximate surface area is 91.9 Å². The molecule has 3 nitrogen and oxygen atoms in total. The Kier molecular flexibility index (Phi) is 3.78. The summed E-state index contributed by atoms with van der Waals surface area (Å²) < 4.78 is 1.99. The van der Waals surface area contributed by atoms with Crippen molar-refractivity contribution in [3.8, 4) is 0 Å². The highest BCUT2D eigenvalue weighted by Crippen LogP contribution is 2.34. The van der Waals surface area contributed by atoms with Crippen LogP contribution in [0.2, 0.25) is 0 Å². The highest BCUT2D eigenvalue weighted by Gasteiger charge is 2.29. The highest BCUT2D eigenvalue weighted by atomic mass is 15.3. The third kappa shape index (κ3) is 3.34. The maximum Gasteiger partial charge on any atom is 0.0534 e. The molecule has 1 N–H and O–H groups in total. The molecule has 0 amide bonds. The van der Waals surface area contributed by atoms with Crippen molar-refractivity contribution >= 4 is 0 Å². The molecule has 0 bridgehead atoms. The molecular formula is C12H21N3. The van der Waals surface area contributed by atoms with Gasteiger partial charge in [-0.3, -0.25) is 4.68 Å². The Bertz CT molecular complexity index is 264. The van der Waals surface area contributed by atoms with E-state index >= 15 is 0 Å². The molecule has 2 rings (SSSR count). The van der Waals surface area contributed by atoms with E-state index in [0.717, 1.165) is 25.0 Å². The second kappa shape index (κ2) is 5.31. The van der Waals surface area contributed by atoms with Crippen LogP contribution in [0, 0.1) is 5.92 Å². The zero-order valence-corrected chi connectivity index (χ0v) is 9.52. The summed E-state index contributed by atoms with van der Waals surface area (Å²) in [6.07, 6.45) is 9.33. The molecule has 84 valence electrons. The van der Waals surface area contributed by atoms with Crippen LogP contribution in [-0.2, 0) is 6.54 Å². The van der Waals surface area contributed by atoms with Gasteiger partial charge in [-0.25, -0.2) is 0 Å². The van der Waals surface area contributed by atoms with Crippen LogP contribution in [0.1, 0.15) is 32.6 Å². The van der Waals surface area contributed by atoms with E-state index in [2.05, 4.69) is 17.3 Å². The summed E-state index contributed by atoms with van der Waals surface area (Å²) in [4.78, 5) is 0. The van der Waals surface area contributed by atoms with Crippen LogP contribution in [0.15, 0.2) is 18.5 Å². The van der Waals surface area contributed by atoms with Gasteiger partial charge in [0, 0.05) is 25.0 Å². The van der Waals surface area contributed by atoms with Gasteiger partial charge in [0.2, 0.25) is 0 Å². The number of hydrogen-bond donors (Lipinski definition) is 1. The summed E-state index contributed by atoms with van der Waals surface area (Å²) in [5, 5.41) is 7.86. The lowest BCUT2D eigenvalue weighted by Gasteiger charge is -2.17. The lowest BCUT2D eigenvalue weighted by molar-refractivity contribution is 0.413. The molecule has 1 heterocycles. The lowest BCUT2D eigenvalue weighted by atomic mass is 10.1. The van der Waals surface area contributed by atoms with E-state index in [-0.39, 0.29) is 0 Å². The average Bonchev–Trinajstić information content (AvgIpc) is 2.96. The van der Waals surface area contributed by atoms with Crippen LogP contribution in [0.4, 0.5) is 0 Å². The SMILES string of the molecule is CCCC(NCCn1cccn1)C1CC1. The number of aromatic nitrogens is 2. The molecule has 1 aliphatic rings. The molecule has 1 fully saturated rings. The Balaban J connectivity index is 1.66. The zero-order chi connectivity index (χ0) is 10.5. The maximum atomic E-state index is 4.20. The molecule has 0 aliphatic heterocycles. The van der Waals surface area contributed by atoms with Crippen LogP contribution in [-0.4, -0.2) is 22.4 Å². The van der Waals surface area contributed by atoms with Crippen molar-refractivity contribution in [1.29, 1.82) is 0 Å². The number of hydrogen-bond acceptors (Lipinski definition) is 2. The first kappa shape index (κ1) is 10.7. The molecule has 0 aromatic carbocycles. The smallest absolute Gasteiger partial charge is 0.0534 e. The average molecular weight is 207 g/mol. The summed E-state index contributed by atoms with van der Waals surface area (Å²) in [5.74, 6) is 0.961. The Morgan fingerprint density at radius 1 is 1.53 bits per heavy atom. The minimum Gasteiger partial charge on any atom is -0.312 e. The molecule has 3 heteroatoms. The van der Waals surface area contributed by atoms with Gasteiger partial charge in [-0.2, -0.15) is 5.10 Å². The van der Waals surface area contributed by atoms with Gasteiger partial charge in [-0.1, -0.05) is 13.3 Å². The summed E-state index contributed by atoms with van der Waals surface area (Å²) in [6.45, 7) is 4.30. The van der Waals surface area contributed by atoms with E-state index in [4.69, 9.17) is 0 Å². The predicted molar refractivity (Wildman–Crippen MR) is 61.6 cm³/mol. The van der Waals surface area contributed by atoms with E-state index in [1.54, 1.807) is 0 Å². The minimum absolute atomic E-state index is 0.755. The minimum atomic E-state index is 0.755. The van der Waals surface area contributed by atoms with Crippen LogP contribution in [0.25, 0.3) is 0 Å². The first-order valence-electron chi connectivity index (χ1n) is 6.11.